The van der Waals surface area contributed by atoms with Crippen LogP contribution in [-0.4, -0.2) is 38.0 Å². The zero-order valence-corrected chi connectivity index (χ0v) is 7.76. The molecule has 0 aliphatic heterocycles. The van der Waals surface area contributed by atoms with Gasteiger partial charge >= 0.3 is 0 Å². The fourth-order valence-electron chi connectivity index (χ4n) is 1.74. The molecule has 0 aromatic heterocycles. The molecule has 0 aromatic rings. The number of carbonyl (C=O) groups is 1. The number of hydrogen-bond acceptors (Lipinski definition) is 1. The molecule has 1 atom stereocenters. The summed E-state index contributed by atoms with van der Waals surface area (Å²) in [5.41, 5.74) is 0. The van der Waals surface area contributed by atoms with Crippen LogP contribution < -0.4 is 0 Å². The first-order chi connectivity index (χ1) is 4.99. The second-order valence-corrected chi connectivity index (χ2v) is 4.53. The SMILES string of the molecule is C[N+](C)(C)CC1CCCC1=O. The van der Waals surface area contributed by atoms with Gasteiger partial charge in [-0.1, -0.05) is 0 Å². The van der Waals surface area contributed by atoms with Crippen molar-refractivity contribution in [2.45, 2.75) is 19.3 Å². The number of Topliss-reactive ketones (excluding diaryl/α,β-unsaturated/α-hetero) is 1. The molecule has 1 rings (SSSR count). The number of hydrogen-bond donors (Lipinski definition) is 0. The second-order valence-electron chi connectivity index (χ2n) is 4.53. The number of ketones is 1. The van der Waals surface area contributed by atoms with Gasteiger partial charge in [-0.2, -0.15) is 0 Å². The maximum atomic E-state index is 11.2. The highest BCUT2D eigenvalue weighted by Gasteiger charge is 2.28. The van der Waals surface area contributed by atoms with Crippen molar-refractivity contribution in [2.75, 3.05) is 27.7 Å². The molecule has 0 aromatic carbocycles. The molecule has 11 heavy (non-hydrogen) atoms. The van der Waals surface area contributed by atoms with Gasteiger partial charge in [0.05, 0.1) is 33.6 Å². The second kappa shape index (κ2) is 2.94. The molecule has 0 bridgehead atoms. The van der Waals surface area contributed by atoms with E-state index in [2.05, 4.69) is 21.1 Å². The van der Waals surface area contributed by atoms with Crippen molar-refractivity contribution in [1.82, 2.24) is 0 Å². The van der Waals surface area contributed by atoms with E-state index >= 15 is 0 Å². The number of nitrogens with zero attached hydrogens (tertiary/aromatic N) is 1. The molecular formula is C9H18NO+. The van der Waals surface area contributed by atoms with Crippen molar-refractivity contribution in [3.8, 4) is 0 Å². The maximum Gasteiger partial charge on any atom is 0.141 e. The van der Waals surface area contributed by atoms with Crippen LogP contribution >= 0.6 is 0 Å². The van der Waals surface area contributed by atoms with Crippen LogP contribution in [0.15, 0.2) is 0 Å². The predicted molar refractivity (Wildman–Crippen MR) is 45.2 cm³/mol. The zero-order chi connectivity index (χ0) is 8.48. The van der Waals surface area contributed by atoms with E-state index in [1.165, 1.54) is 0 Å². The van der Waals surface area contributed by atoms with Crippen LogP contribution in [0.4, 0.5) is 0 Å². The van der Waals surface area contributed by atoms with E-state index in [4.69, 9.17) is 0 Å². The Hall–Kier alpha value is -0.370. The van der Waals surface area contributed by atoms with E-state index in [9.17, 15) is 4.79 Å². The van der Waals surface area contributed by atoms with Gasteiger partial charge in [-0.25, -0.2) is 0 Å². The number of rotatable bonds is 2. The van der Waals surface area contributed by atoms with E-state index in [0.29, 0.717) is 11.7 Å². The lowest BCUT2D eigenvalue weighted by Gasteiger charge is -2.26. The van der Waals surface area contributed by atoms with Gasteiger partial charge < -0.3 is 4.48 Å². The Balaban J connectivity index is 2.43. The van der Waals surface area contributed by atoms with E-state index in [-0.39, 0.29) is 0 Å². The minimum absolute atomic E-state index is 0.356. The van der Waals surface area contributed by atoms with Crippen molar-refractivity contribution >= 4 is 5.78 Å². The topological polar surface area (TPSA) is 17.1 Å². The monoisotopic (exact) mass is 156 g/mol. The van der Waals surface area contributed by atoms with Crippen LogP contribution in [0.5, 0.6) is 0 Å². The highest BCUT2D eigenvalue weighted by Crippen LogP contribution is 2.22. The molecule has 0 radical (unpaired) electrons. The zero-order valence-electron chi connectivity index (χ0n) is 7.76. The van der Waals surface area contributed by atoms with Gasteiger partial charge in [0.15, 0.2) is 0 Å². The largest absolute Gasteiger partial charge is 0.330 e. The van der Waals surface area contributed by atoms with Gasteiger partial charge in [0, 0.05) is 6.42 Å². The van der Waals surface area contributed by atoms with Gasteiger partial charge in [0.2, 0.25) is 0 Å². The third-order valence-electron chi connectivity index (χ3n) is 2.20. The number of carbonyl (C=O) groups excluding carboxylic acids is 1. The van der Waals surface area contributed by atoms with Gasteiger partial charge in [0.1, 0.15) is 5.78 Å². The first kappa shape index (κ1) is 8.72. The van der Waals surface area contributed by atoms with Gasteiger partial charge in [0.25, 0.3) is 0 Å². The van der Waals surface area contributed by atoms with Crippen molar-refractivity contribution < 1.29 is 9.28 Å². The first-order valence-electron chi connectivity index (χ1n) is 4.32. The van der Waals surface area contributed by atoms with E-state index < -0.39 is 0 Å². The lowest BCUT2D eigenvalue weighted by atomic mass is 10.1. The number of quaternary nitrogens is 1. The Bertz CT molecular complexity index is 157. The van der Waals surface area contributed by atoms with Crippen LogP contribution in [0.25, 0.3) is 0 Å². The summed E-state index contributed by atoms with van der Waals surface area (Å²) in [7, 11) is 6.43. The van der Waals surface area contributed by atoms with Crippen molar-refractivity contribution in [2.24, 2.45) is 5.92 Å². The first-order valence-corrected chi connectivity index (χ1v) is 4.32. The quantitative estimate of drug-likeness (QED) is 0.546. The van der Waals surface area contributed by atoms with E-state index in [1.807, 2.05) is 0 Å². The Morgan fingerprint density at radius 1 is 1.45 bits per heavy atom. The highest BCUT2D eigenvalue weighted by molar-refractivity contribution is 5.82. The summed E-state index contributed by atoms with van der Waals surface area (Å²) in [5.74, 6) is 0.841. The molecule has 64 valence electrons. The molecule has 0 saturated heterocycles. The molecule has 2 heteroatoms. The summed E-state index contributed by atoms with van der Waals surface area (Å²) < 4.78 is 0.913. The Morgan fingerprint density at radius 3 is 2.45 bits per heavy atom. The van der Waals surface area contributed by atoms with Crippen LogP contribution in [0.3, 0.4) is 0 Å². The molecule has 1 saturated carbocycles. The lowest BCUT2D eigenvalue weighted by molar-refractivity contribution is -0.872. The Kier molecular flexibility index (Phi) is 2.33. The van der Waals surface area contributed by atoms with Crippen molar-refractivity contribution in [3.05, 3.63) is 0 Å². The molecule has 1 fully saturated rings. The van der Waals surface area contributed by atoms with Gasteiger partial charge in [-0.15, -0.1) is 0 Å². The predicted octanol–water partition coefficient (Wildman–Crippen LogP) is 1.06. The fraction of sp³-hybridized carbons (Fsp3) is 0.889. The molecule has 1 aliphatic carbocycles. The van der Waals surface area contributed by atoms with E-state index in [1.54, 1.807) is 0 Å². The molecule has 1 unspecified atom stereocenters. The summed E-state index contributed by atoms with van der Waals surface area (Å²) in [6.45, 7) is 1.01. The van der Waals surface area contributed by atoms with Crippen LogP contribution in [0.1, 0.15) is 19.3 Å². The van der Waals surface area contributed by atoms with Crippen LogP contribution in [0, 0.1) is 5.92 Å². The minimum Gasteiger partial charge on any atom is -0.330 e. The molecule has 0 amide bonds. The highest BCUT2D eigenvalue weighted by atomic mass is 16.1. The smallest absolute Gasteiger partial charge is 0.141 e. The van der Waals surface area contributed by atoms with E-state index in [0.717, 1.165) is 30.3 Å². The third-order valence-corrected chi connectivity index (χ3v) is 2.20. The normalized spacial score (nSPS) is 26.1. The minimum atomic E-state index is 0.356. The third kappa shape index (κ3) is 2.62. The summed E-state index contributed by atoms with van der Waals surface area (Å²) in [6, 6.07) is 0. The Morgan fingerprint density at radius 2 is 2.09 bits per heavy atom. The molecule has 0 heterocycles. The van der Waals surface area contributed by atoms with Crippen LogP contribution in [-0.2, 0) is 4.79 Å². The van der Waals surface area contributed by atoms with Gasteiger partial charge in [-0.05, 0) is 12.8 Å². The van der Waals surface area contributed by atoms with Crippen molar-refractivity contribution in [3.63, 3.8) is 0 Å². The molecule has 1 aliphatic rings. The lowest BCUT2D eigenvalue weighted by Crippen LogP contribution is -2.40. The average molecular weight is 156 g/mol. The van der Waals surface area contributed by atoms with Crippen molar-refractivity contribution in [1.29, 1.82) is 0 Å². The maximum absolute atomic E-state index is 11.2. The summed E-state index contributed by atoms with van der Waals surface area (Å²) in [6.07, 6.45) is 3.06. The molecule has 0 N–H and O–H groups in total. The average Bonchev–Trinajstić information content (AvgIpc) is 2.12. The standard InChI is InChI=1S/C9H18NO/c1-10(2,3)7-8-5-4-6-9(8)11/h8H,4-7H2,1-3H3/q+1. The summed E-state index contributed by atoms with van der Waals surface area (Å²) >= 11 is 0. The summed E-state index contributed by atoms with van der Waals surface area (Å²) in [4.78, 5) is 11.2. The van der Waals surface area contributed by atoms with Gasteiger partial charge in [-0.3, -0.25) is 4.79 Å². The fourth-order valence-corrected chi connectivity index (χ4v) is 1.74. The molecular weight excluding hydrogens is 138 g/mol. The molecule has 2 nitrogen and oxygen atoms in total. The Labute approximate surface area is 68.8 Å². The summed E-state index contributed by atoms with van der Waals surface area (Å²) in [5, 5.41) is 0. The molecule has 0 spiro atoms. The van der Waals surface area contributed by atoms with Crippen LogP contribution in [0.2, 0.25) is 0 Å².